The van der Waals surface area contributed by atoms with E-state index in [0.717, 1.165) is 128 Å². The highest BCUT2D eigenvalue weighted by atomic mass is 16.6. The van der Waals surface area contributed by atoms with E-state index in [4.69, 9.17) is 14.2 Å². The normalized spacial score (nSPS) is 13.1. The van der Waals surface area contributed by atoms with Crippen LogP contribution in [0.3, 0.4) is 0 Å². The predicted molar refractivity (Wildman–Crippen MR) is 279 cm³/mol. The molecule has 1 atom stereocenters. The van der Waals surface area contributed by atoms with Gasteiger partial charge >= 0.3 is 11.9 Å². The molecule has 0 aromatic rings. The summed E-state index contributed by atoms with van der Waals surface area (Å²) in [7, 11) is 0. The molecule has 364 valence electrons. The molecule has 0 saturated carbocycles. The Morgan fingerprint density at radius 1 is 0.359 bits per heavy atom. The first-order valence-corrected chi connectivity index (χ1v) is 26.4. The van der Waals surface area contributed by atoms with Gasteiger partial charge in [0.25, 0.3) is 0 Å². The number of carbonyl (C=O) groups is 2. The lowest BCUT2D eigenvalue weighted by Crippen LogP contribution is -2.30. The number of hydrogen-bond acceptors (Lipinski definition) is 5. The van der Waals surface area contributed by atoms with Crippen LogP contribution in [0.4, 0.5) is 0 Å². The van der Waals surface area contributed by atoms with Gasteiger partial charge < -0.3 is 14.2 Å². The summed E-state index contributed by atoms with van der Waals surface area (Å²) >= 11 is 0. The van der Waals surface area contributed by atoms with Gasteiger partial charge in [-0.05, 0) is 116 Å². The molecule has 1 unspecified atom stereocenters. The van der Waals surface area contributed by atoms with E-state index in [1.807, 2.05) is 0 Å². The lowest BCUT2D eigenvalue weighted by molar-refractivity contribution is -0.163. The SMILES string of the molecule is CC/C=C\C/C=C\C/C=C\C/C=C\CCCCCCCOCC(COC(=O)CCCCCCCCC/C=C\C/C=C\C/C=C\CC)OC(=O)CCCCCCC/C=C\C/C=C\CCC. The summed E-state index contributed by atoms with van der Waals surface area (Å²) in [5.41, 5.74) is 0. The van der Waals surface area contributed by atoms with Gasteiger partial charge in [-0.25, -0.2) is 0 Å². The molecule has 0 N–H and O–H groups in total. The molecule has 0 rings (SSSR count). The van der Waals surface area contributed by atoms with E-state index in [0.29, 0.717) is 19.4 Å². The van der Waals surface area contributed by atoms with Crippen LogP contribution in [0.5, 0.6) is 0 Å². The maximum absolute atomic E-state index is 12.8. The van der Waals surface area contributed by atoms with E-state index in [-0.39, 0.29) is 25.2 Å². The highest BCUT2D eigenvalue weighted by Crippen LogP contribution is 2.13. The van der Waals surface area contributed by atoms with E-state index < -0.39 is 6.10 Å². The number of ether oxygens (including phenoxy) is 3. The van der Waals surface area contributed by atoms with Gasteiger partial charge in [-0.15, -0.1) is 0 Å². The molecule has 0 saturated heterocycles. The smallest absolute Gasteiger partial charge is 0.306 e. The molecule has 64 heavy (non-hydrogen) atoms. The van der Waals surface area contributed by atoms with Gasteiger partial charge in [0.2, 0.25) is 0 Å². The highest BCUT2D eigenvalue weighted by Gasteiger charge is 2.17. The average Bonchev–Trinajstić information content (AvgIpc) is 3.30. The molecule has 0 aliphatic carbocycles. The topological polar surface area (TPSA) is 61.8 Å². The van der Waals surface area contributed by atoms with Crippen LogP contribution >= 0.6 is 0 Å². The van der Waals surface area contributed by atoms with Gasteiger partial charge in [0.05, 0.1) is 6.61 Å². The minimum atomic E-state index is -0.564. The molecule has 0 aromatic carbocycles. The van der Waals surface area contributed by atoms with Crippen molar-refractivity contribution in [3.8, 4) is 0 Å². The van der Waals surface area contributed by atoms with Crippen LogP contribution in [0.2, 0.25) is 0 Å². The average molecular weight is 887 g/mol. The van der Waals surface area contributed by atoms with Gasteiger partial charge in [0, 0.05) is 19.4 Å². The molecule has 0 aromatic heterocycles. The van der Waals surface area contributed by atoms with Crippen molar-refractivity contribution in [1.82, 2.24) is 0 Å². The van der Waals surface area contributed by atoms with Crippen molar-refractivity contribution >= 4 is 11.9 Å². The molecule has 0 heterocycles. The summed E-state index contributed by atoms with van der Waals surface area (Å²) in [6.45, 7) is 7.47. The Kier molecular flexibility index (Phi) is 51.0. The lowest BCUT2D eigenvalue weighted by Gasteiger charge is -2.18. The van der Waals surface area contributed by atoms with Crippen molar-refractivity contribution in [2.24, 2.45) is 0 Å². The zero-order valence-corrected chi connectivity index (χ0v) is 41.8. The fourth-order valence-corrected chi connectivity index (χ4v) is 6.91. The summed E-state index contributed by atoms with van der Waals surface area (Å²) < 4.78 is 17.4. The molecule has 0 spiro atoms. The van der Waals surface area contributed by atoms with Crippen LogP contribution < -0.4 is 0 Å². The monoisotopic (exact) mass is 887 g/mol. The number of esters is 2. The molecule has 0 bridgehead atoms. The summed E-state index contributed by atoms with van der Waals surface area (Å²) in [4.78, 5) is 25.4. The molecule has 0 radical (unpaired) electrons. The Morgan fingerprint density at radius 2 is 0.703 bits per heavy atom. The second-order valence-electron chi connectivity index (χ2n) is 17.0. The fourth-order valence-electron chi connectivity index (χ4n) is 6.91. The molecule has 0 aliphatic heterocycles. The second-order valence-corrected chi connectivity index (χ2v) is 17.0. The molecule has 5 nitrogen and oxygen atoms in total. The largest absolute Gasteiger partial charge is 0.462 e. The van der Waals surface area contributed by atoms with E-state index >= 15 is 0 Å². The molecule has 0 fully saturated rings. The van der Waals surface area contributed by atoms with Crippen molar-refractivity contribution in [1.29, 1.82) is 0 Å². The van der Waals surface area contributed by atoms with Gasteiger partial charge in [0.1, 0.15) is 6.61 Å². The highest BCUT2D eigenvalue weighted by molar-refractivity contribution is 5.70. The van der Waals surface area contributed by atoms with Crippen LogP contribution in [0.1, 0.15) is 226 Å². The van der Waals surface area contributed by atoms with Crippen LogP contribution in [-0.4, -0.2) is 37.9 Å². The first kappa shape index (κ1) is 60.6. The third-order valence-corrected chi connectivity index (χ3v) is 10.8. The number of rotatable bonds is 47. The predicted octanol–water partition coefficient (Wildman–Crippen LogP) is 18.0. The lowest BCUT2D eigenvalue weighted by atomic mass is 10.1. The molecular weight excluding hydrogens is 789 g/mol. The van der Waals surface area contributed by atoms with Gasteiger partial charge in [-0.1, -0.05) is 207 Å². The minimum Gasteiger partial charge on any atom is -0.462 e. The van der Waals surface area contributed by atoms with Crippen molar-refractivity contribution < 1.29 is 23.8 Å². The van der Waals surface area contributed by atoms with Crippen molar-refractivity contribution in [3.05, 3.63) is 109 Å². The van der Waals surface area contributed by atoms with Crippen molar-refractivity contribution in [2.45, 2.75) is 232 Å². The Hall–Kier alpha value is -3.44. The molecule has 5 heteroatoms. The zero-order chi connectivity index (χ0) is 46.3. The number of hydrogen-bond donors (Lipinski definition) is 0. The number of allylic oxidation sites excluding steroid dienone is 18. The van der Waals surface area contributed by atoms with Crippen LogP contribution in [0.15, 0.2) is 109 Å². The van der Waals surface area contributed by atoms with E-state index in [1.54, 1.807) is 0 Å². The Bertz CT molecular complexity index is 1280. The first-order chi connectivity index (χ1) is 31.6. The zero-order valence-electron chi connectivity index (χ0n) is 41.8. The van der Waals surface area contributed by atoms with Gasteiger partial charge in [0.15, 0.2) is 6.10 Å². The molecule has 0 aliphatic rings. The summed E-state index contributed by atoms with van der Waals surface area (Å²) in [6, 6.07) is 0. The maximum Gasteiger partial charge on any atom is 0.306 e. The third kappa shape index (κ3) is 51.2. The van der Waals surface area contributed by atoms with Gasteiger partial charge in [-0.2, -0.15) is 0 Å². The molecule has 0 amide bonds. The Labute approximate surface area is 395 Å². The fraction of sp³-hybridized carbons (Fsp3) is 0.661. The number of unbranched alkanes of at least 4 members (excludes halogenated alkanes) is 18. The quantitative estimate of drug-likeness (QED) is 0.0346. The van der Waals surface area contributed by atoms with Crippen molar-refractivity contribution in [3.63, 3.8) is 0 Å². The molecular formula is C59H98O5. The van der Waals surface area contributed by atoms with Crippen molar-refractivity contribution in [2.75, 3.05) is 19.8 Å². The minimum absolute atomic E-state index is 0.0603. The number of carbonyl (C=O) groups excluding carboxylic acids is 2. The summed E-state index contributed by atoms with van der Waals surface area (Å²) in [5, 5.41) is 0. The van der Waals surface area contributed by atoms with E-state index in [2.05, 4.69) is 130 Å². The Morgan fingerprint density at radius 3 is 1.12 bits per heavy atom. The second kappa shape index (κ2) is 53.9. The maximum atomic E-state index is 12.8. The third-order valence-electron chi connectivity index (χ3n) is 10.8. The van der Waals surface area contributed by atoms with E-state index in [9.17, 15) is 9.59 Å². The standard InChI is InChI=1S/C59H98O5/c1-4-7-10-13-16-19-22-25-27-29-31-33-36-39-42-45-48-51-54-62-55-57(64-59(61)53-50-47-44-41-38-34-24-21-18-15-12-9-6-3)56-63-58(60)52-49-46-43-40-37-35-32-30-28-26-23-20-17-14-11-8-5-2/h7-8,10-12,15-17,19-21,24-28,31,33,57H,4-6,9,13-14,18,22-23,29-30,32,34-56H2,1-3H3/b10-7-,11-8-,15-12-,19-16-,20-17-,24-21-,27-25-,28-26-,33-31-. The Balaban J connectivity index is 4.35. The summed E-state index contributed by atoms with van der Waals surface area (Å²) in [6.07, 6.45) is 73.8. The first-order valence-electron chi connectivity index (χ1n) is 26.4. The van der Waals surface area contributed by atoms with Crippen LogP contribution in [-0.2, 0) is 23.8 Å². The van der Waals surface area contributed by atoms with Crippen LogP contribution in [0, 0.1) is 0 Å². The summed E-state index contributed by atoms with van der Waals surface area (Å²) in [5.74, 6) is -0.440. The van der Waals surface area contributed by atoms with E-state index in [1.165, 1.54) is 64.2 Å². The van der Waals surface area contributed by atoms with Gasteiger partial charge in [-0.3, -0.25) is 9.59 Å². The van der Waals surface area contributed by atoms with Crippen LogP contribution in [0.25, 0.3) is 0 Å².